The van der Waals surface area contributed by atoms with Gasteiger partial charge in [0.25, 0.3) is 0 Å². The van der Waals surface area contributed by atoms with Crippen LogP contribution in [0.2, 0.25) is 0 Å². The minimum atomic E-state index is -1.03. The van der Waals surface area contributed by atoms with Crippen LogP contribution in [0.25, 0.3) is 0 Å². The van der Waals surface area contributed by atoms with E-state index in [9.17, 15) is 28.4 Å². The first-order valence-electron chi connectivity index (χ1n) is 13.1. The molecule has 6 unspecified atom stereocenters. The molecule has 3 aliphatic heterocycles. The van der Waals surface area contributed by atoms with Gasteiger partial charge in [0, 0.05) is 18.7 Å². The number of piperidine rings is 2. The van der Waals surface area contributed by atoms with Crippen molar-refractivity contribution in [2.45, 2.75) is 95.4 Å². The van der Waals surface area contributed by atoms with E-state index < -0.39 is 53.7 Å². The molecular formula is C27H33F2N5O4. The molecule has 4 fully saturated rings. The Morgan fingerprint density at radius 1 is 1.18 bits per heavy atom. The highest BCUT2D eigenvalue weighted by Crippen LogP contribution is 2.48. The Hall–Kier alpha value is -3.26. The summed E-state index contributed by atoms with van der Waals surface area (Å²) in [6.45, 7) is 6.93. The second kappa shape index (κ2) is 9.49. The van der Waals surface area contributed by atoms with Crippen molar-refractivity contribution in [1.82, 2.24) is 20.0 Å². The molecule has 9 nitrogen and oxygen atoms in total. The number of carbonyl (C=O) groups is 3. The smallest absolute Gasteiger partial charge is 0.408 e. The van der Waals surface area contributed by atoms with Crippen molar-refractivity contribution < 1.29 is 27.9 Å². The van der Waals surface area contributed by atoms with Crippen LogP contribution in [-0.2, 0) is 14.3 Å². The lowest BCUT2D eigenvalue weighted by atomic mass is 10.0. The van der Waals surface area contributed by atoms with Gasteiger partial charge in [0.2, 0.25) is 11.8 Å². The largest absolute Gasteiger partial charge is 0.444 e. The molecule has 1 aromatic rings. The minimum Gasteiger partial charge on any atom is -0.444 e. The second-order valence-corrected chi connectivity index (χ2v) is 11.8. The number of hydrogen-bond donors (Lipinski definition) is 1. The topological polar surface area (TPSA) is 106 Å². The number of benzene rings is 1. The molecule has 11 heteroatoms. The number of ether oxygens (including phenoxy) is 1. The number of nitriles is 1. The van der Waals surface area contributed by atoms with E-state index in [1.165, 1.54) is 12.1 Å². The van der Waals surface area contributed by atoms with Gasteiger partial charge in [-0.25, -0.2) is 13.6 Å². The lowest BCUT2D eigenvalue weighted by Gasteiger charge is -2.35. The van der Waals surface area contributed by atoms with Gasteiger partial charge < -0.3 is 19.9 Å². The average molecular weight is 530 g/mol. The summed E-state index contributed by atoms with van der Waals surface area (Å²) >= 11 is 0. The summed E-state index contributed by atoms with van der Waals surface area (Å²) in [4.78, 5) is 45.0. The van der Waals surface area contributed by atoms with Crippen LogP contribution in [0, 0.1) is 28.9 Å². The Morgan fingerprint density at radius 2 is 1.87 bits per heavy atom. The molecule has 0 radical (unpaired) electrons. The molecule has 1 aromatic carbocycles. The number of nitrogens with zero attached hydrogens (tertiary/aromatic N) is 4. The van der Waals surface area contributed by atoms with Gasteiger partial charge >= 0.3 is 6.09 Å². The van der Waals surface area contributed by atoms with Crippen molar-refractivity contribution >= 4 is 17.9 Å². The first kappa shape index (κ1) is 26.4. The highest BCUT2D eigenvalue weighted by atomic mass is 19.1. The SMILES string of the molecule is CC(c1cc(F)cc(F)c1)N1C(=O)C2CCC1N2CC(NC(=O)OC(C)(C)C)C(=O)N1C(C#N)C[C@@H]2CC21. The van der Waals surface area contributed by atoms with Crippen molar-refractivity contribution in [1.29, 1.82) is 5.26 Å². The fraction of sp³-hybridized carbons (Fsp3) is 0.630. The normalized spacial score (nSPS) is 29.6. The quantitative estimate of drug-likeness (QED) is 0.607. The number of rotatable bonds is 6. The summed E-state index contributed by atoms with van der Waals surface area (Å²) in [6, 6.07) is 2.73. The molecule has 3 heterocycles. The molecule has 0 spiro atoms. The molecule has 5 rings (SSSR count). The summed E-state index contributed by atoms with van der Waals surface area (Å²) in [7, 11) is 0. The molecule has 38 heavy (non-hydrogen) atoms. The van der Waals surface area contributed by atoms with Crippen LogP contribution >= 0.6 is 0 Å². The van der Waals surface area contributed by atoms with Crippen molar-refractivity contribution in [3.8, 4) is 6.07 Å². The first-order chi connectivity index (χ1) is 17.9. The summed E-state index contributed by atoms with van der Waals surface area (Å²) in [6.07, 6.45) is 1.51. The van der Waals surface area contributed by atoms with E-state index in [2.05, 4.69) is 11.4 Å². The van der Waals surface area contributed by atoms with E-state index in [0.29, 0.717) is 30.7 Å². The molecule has 204 valence electrons. The summed E-state index contributed by atoms with van der Waals surface area (Å²) in [5.41, 5.74) is -0.437. The Labute approximate surface area is 220 Å². The van der Waals surface area contributed by atoms with E-state index >= 15 is 0 Å². The Balaban J connectivity index is 1.38. The molecular weight excluding hydrogens is 496 g/mol. The van der Waals surface area contributed by atoms with Crippen LogP contribution in [0.1, 0.15) is 65.0 Å². The summed E-state index contributed by atoms with van der Waals surface area (Å²) in [5, 5.41) is 12.3. The van der Waals surface area contributed by atoms with Gasteiger partial charge in [-0.05, 0) is 77.0 Å². The molecule has 2 bridgehead atoms. The van der Waals surface area contributed by atoms with Crippen LogP contribution in [-0.4, -0.2) is 75.1 Å². The predicted molar refractivity (Wildman–Crippen MR) is 131 cm³/mol. The number of amides is 3. The van der Waals surface area contributed by atoms with Crippen molar-refractivity contribution in [2.75, 3.05) is 6.54 Å². The van der Waals surface area contributed by atoms with Gasteiger partial charge in [-0.15, -0.1) is 0 Å². The Bertz CT molecular complexity index is 1180. The first-order valence-corrected chi connectivity index (χ1v) is 13.1. The lowest BCUT2D eigenvalue weighted by Crippen LogP contribution is -2.57. The van der Waals surface area contributed by atoms with E-state index in [4.69, 9.17) is 4.74 Å². The summed E-state index contributed by atoms with van der Waals surface area (Å²) < 4.78 is 33.2. The number of fused-ring (bicyclic) bond motifs is 3. The Morgan fingerprint density at radius 3 is 2.50 bits per heavy atom. The third-order valence-corrected chi connectivity index (χ3v) is 8.02. The van der Waals surface area contributed by atoms with Crippen LogP contribution in [0.3, 0.4) is 0 Å². The van der Waals surface area contributed by atoms with Crippen LogP contribution in [0.5, 0.6) is 0 Å². The van der Waals surface area contributed by atoms with E-state index in [-0.39, 0.29) is 24.4 Å². The zero-order chi connectivity index (χ0) is 27.5. The molecule has 3 saturated heterocycles. The fourth-order valence-corrected chi connectivity index (χ4v) is 6.32. The predicted octanol–water partition coefficient (Wildman–Crippen LogP) is 3.06. The highest BCUT2D eigenvalue weighted by molar-refractivity contribution is 5.89. The second-order valence-electron chi connectivity index (χ2n) is 11.8. The van der Waals surface area contributed by atoms with Crippen molar-refractivity contribution in [3.05, 3.63) is 35.4 Å². The number of likely N-dealkylation sites (tertiary alicyclic amines) is 2. The van der Waals surface area contributed by atoms with Gasteiger partial charge in [-0.1, -0.05) is 0 Å². The Kier molecular flexibility index (Phi) is 6.58. The number of nitrogens with one attached hydrogen (secondary N) is 1. The van der Waals surface area contributed by atoms with Gasteiger partial charge in [0.05, 0.1) is 24.3 Å². The van der Waals surface area contributed by atoms with Crippen molar-refractivity contribution in [3.63, 3.8) is 0 Å². The van der Waals surface area contributed by atoms with Gasteiger partial charge in [0.15, 0.2) is 0 Å². The van der Waals surface area contributed by atoms with E-state index in [0.717, 1.165) is 12.5 Å². The van der Waals surface area contributed by atoms with E-state index in [1.54, 1.807) is 37.5 Å². The lowest BCUT2D eigenvalue weighted by molar-refractivity contribution is -0.135. The number of alkyl carbamates (subject to hydrolysis) is 1. The number of carbonyl (C=O) groups excluding carboxylic acids is 3. The maximum Gasteiger partial charge on any atom is 0.408 e. The zero-order valence-electron chi connectivity index (χ0n) is 22.0. The molecule has 1 aliphatic carbocycles. The van der Waals surface area contributed by atoms with E-state index in [1.807, 2.05) is 4.90 Å². The van der Waals surface area contributed by atoms with Crippen molar-refractivity contribution in [2.24, 2.45) is 5.92 Å². The van der Waals surface area contributed by atoms with Crippen LogP contribution < -0.4 is 5.32 Å². The monoisotopic (exact) mass is 529 g/mol. The molecule has 3 amide bonds. The summed E-state index contributed by atoms with van der Waals surface area (Å²) in [5.74, 6) is -1.68. The zero-order valence-corrected chi connectivity index (χ0v) is 22.0. The number of hydrogen-bond acceptors (Lipinski definition) is 6. The van der Waals surface area contributed by atoms with Crippen LogP contribution in [0.15, 0.2) is 18.2 Å². The fourth-order valence-electron chi connectivity index (χ4n) is 6.32. The van der Waals surface area contributed by atoms with Gasteiger partial charge in [0.1, 0.15) is 29.3 Å². The maximum absolute atomic E-state index is 13.9. The maximum atomic E-state index is 13.9. The molecule has 1 saturated carbocycles. The standard InChI is InChI=1S/C27H33F2N5O4/c1-14(15-7-17(28)11-18(29)8-15)33-23-6-5-21(25(33)36)32(23)13-20(31-26(37)38-27(2,3)4)24(35)34-19(12-30)9-16-10-22(16)34/h7-8,11,14,16,19-23H,5-6,9-10,13H2,1-4H3,(H,31,37)/t14?,16-,19?,20?,21?,22?,23?/m1/s1. The van der Waals surface area contributed by atoms with Crippen LogP contribution in [0.4, 0.5) is 13.6 Å². The molecule has 1 N–H and O–H groups in total. The van der Waals surface area contributed by atoms with Gasteiger partial charge in [-0.3, -0.25) is 14.5 Å². The average Bonchev–Trinajstić information content (AvgIpc) is 3.19. The molecule has 7 atom stereocenters. The molecule has 4 aliphatic rings. The number of halogens is 2. The third kappa shape index (κ3) is 4.82. The third-order valence-electron chi connectivity index (χ3n) is 8.02. The molecule has 0 aromatic heterocycles. The van der Waals surface area contributed by atoms with Gasteiger partial charge in [-0.2, -0.15) is 5.26 Å². The highest BCUT2D eigenvalue weighted by Gasteiger charge is 2.57. The minimum absolute atomic E-state index is 0.00795.